The quantitative estimate of drug-likeness (QED) is 0.607. The first-order chi connectivity index (χ1) is 7.04. The highest BCUT2D eigenvalue weighted by molar-refractivity contribution is 7.80. The van der Waals surface area contributed by atoms with E-state index in [1.165, 1.54) is 0 Å². The predicted molar refractivity (Wildman–Crippen MR) is 61.2 cm³/mol. The molecule has 0 rings (SSSR count). The van der Waals surface area contributed by atoms with Crippen molar-refractivity contribution in [2.45, 2.75) is 33.4 Å². The van der Waals surface area contributed by atoms with Crippen LogP contribution in [0.25, 0.3) is 0 Å². The summed E-state index contributed by atoms with van der Waals surface area (Å²) < 4.78 is 42.1. The Labute approximate surface area is 99.3 Å². The molecule has 0 aromatic carbocycles. The van der Waals surface area contributed by atoms with E-state index < -0.39 is 23.7 Å². The summed E-state index contributed by atoms with van der Waals surface area (Å²) in [6.07, 6.45) is -3.73. The third-order valence-corrected chi connectivity index (χ3v) is 2.30. The van der Waals surface area contributed by atoms with Gasteiger partial charge in [-0.25, -0.2) is 0 Å². The number of ether oxygens (including phenoxy) is 1. The minimum absolute atomic E-state index is 0.0386. The van der Waals surface area contributed by atoms with Gasteiger partial charge in [0.25, 0.3) is 0 Å². The number of hydrogen-bond acceptors (Lipinski definition) is 2. The maximum atomic E-state index is 12.4. The summed E-state index contributed by atoms with van der Waals surface area (Å²) in [4.78, 5) is -0.566. The minimum atomic E-state index is -4.42. The minimum Gasteiger partial charge on any atom is -0.393 e. The fourth-order valence-corrected chi connectivity index (χ4v) is 1.12. The van der Waals surface area contributed by atoms with Gasteiger partial charge < -0.3 is 10.5 Å². The fourth-order valence-electron chi connectivity index (χ4n) is 0.917. The van der Waals surface area contributed by atoms with Crippen LogP contribution < -0.4 is 5.73 Å². The number of nitrogens with two attached hydrogens (primary N) is 1. The first-order valence-electron chi connectivity index (χ1n) is 4.98. The van der Waals surface area contributed by atoms with Crippen molar-refractivity contribution in [3.63, 3.8) is 0 Å². The van der Waals surface area contributed by atoms with Gasteiger partial charge in [-0.05, 0) is 11.8 Å². The zero-order chi connectivity index (χ0) is 13.0. The van der Waals surface area contributed by atoms with Gasteiger partial charge in [0.15, 0.2) is 0 Å². The van der Waals surface area contributed by atoms with Crippen molar-refractivity contribution in [1.82, 2.24) is 0 Å². The topological polar surface area (TPSA) is 35.2 Å². The van der Waals surface area contributed by atoms with Gasteiger partial charge in [0.1, 0.15) is 5.92 Å². The van der Waals surface area contributed by atoms with Crippen LogP contribution >= 0.6 is 12.2 Å². The van der Waals surface area contributed by atoms with Crippen molar-refractivity contribution < 1.29 is 17.9 Å². The van der Waals surface area contributed by atoms with Gasteiger partial charge in [-0.1, -0.05) is 33.0 Å². The Balaban J connectivity index is 4.02. The molecule has 0 saturated heterocycles. The number of hydrogen-bond donors (Lipinski definition) is 1. The molecule has 0 radical (unpaired) electrons. The maximum absolute atomic E-state index is 12.4. The zero-order valence-corrected chi connectivity index (χ0v) is 10.5. The summed E-state index contributed by atoms with van der Waals surface area (Å²) >= 11 is 4.37. The molecule has 0 aliphatic heterocycles. The molecule has 0 aliphatic carbocycles. The Kier molecular flexibility index (Phi) is 5.69. The van der Waals surface area contributed by atoms with Crippen molar-refractivity contribution in [2.24, 2.45) is 17.1 Å². The van der Waals surface area contributed by atoms with Crippen molar-refractivity contribution in [3.8, 4) is 0 Å². The highest BCUT2D eigenvalue weighted by Crippen LogP contribution is 2.27. The molecule has 16 heavy (non-hydrogen) atoms. The van der Waals surface area contributed by atoms with E-state index in [2.05, 4.69) is 12.2 Å². The SMILES string of the molecule is CC(C)(C)CCOCC(C(N)=S)C(F)(F)F. The first-order valence-corrected chi connectivity index (χ1v) is 5.38. The van der Waals surface area contributed by atoms with Crippen LogP contribution in [0.15, 0.2) is 0 Å². The van der Waals surface area contributed by atoms with Crippen molar-refractivity contribution in [1.29, 1.82) is 0 Å². The summed E-state index contributed by atoms with van der Waals surface area (Å²) in [5, 5.41) is 0. The second kappa shape index (κ2) is 5.82. The molecule has 0 amide bonds. The highest BCUT2D eigenvalue weighted by Gasteiger charge is 2.41. The lowest BCUT2D eigenvalue weighted by Gasteiger charge is -2.21. The van der Waals surface area contributed by atoms with Gasteiger partial charge >= 0.3 is 6.18 Å². The van der Waals surface area contributed by atoms with Crippen LogP contribution in [0.3, 0.4) is 0 Å². The molecule has 2 N–H and O–H groups in total. The van der Waals surface area contributed by atoms with Crippen molar-refractivity contribution in [3.05, 3.63) is 0 Å². The zero-order valence-electron chi connectivity index (χ0n) is 9.73. The van der Waals surface area contributed by atoms with E-state index in [1.807, 2.05) is 20.8 Å². The third-order valence-electron chi connectivity index (χ3n) is 2.02. The lowest BCUT2D eigenvalue weighted by Crippen LogP contribution is -2.38. The molecule has 0 aromatic rings. The van der Waals surface area contributed by atoms with Crippen LogP contribution in [0.4, 0.5) is 13.2 Å². The number of alkyl halides is 3. The Bertz CT molecular complexity index is 235. The molecule has 96 valence electrons. The Morgan fingerprint density at radius 3 is 2.12 bits per heavy atom. The predicted octanol–water partition coefficient (Wildman–Crippen LogP) is 2.90. The van der Waals surface area contributed by atoms with E-state index in [-0.39, 0.29) is 12.0 Å². The van der Waals surface area contributed by atoms with E-state index in [1.54, 1.807) is 0 Å². The normalized spacial score (nSPS) is 14.9. The summed E-state index contributed by atoms with van der Waals surface area (Å²) in [5.74, 6) is -1.84. The van der Waals surface area contributed by atoms with Gasteiger partial charge in [-0.3, -0.25) is 0 Å². The molecule has 0 aromatic heterocycles. The van der Waals surface area contributed by atoms with Crippen LogP contribution in [0.5, 0.6) is 0 Å². The molecule has 1 unspecified atom stereocenters. The average molecular weight is 257 g/mol. The molecule has 1 atom stereocenters. The van der Waals surface area contributed by atoms with Gasteiger partial charge in [0.05, 0.1) is 11.6 Å². The largest absolute Gasteiger partial charge is 0.400 e. The van der Waals surface area contributed by atoms with Crippen LogP contribution in [0, 0.1) is 11.3 Å². The summed E-state index contributed by atoms with van der Waals surface area (Å²) in [7, 11) is 0. The number of thiocarbonyl (C=S) groups is 1. The summed E-state index contributed by atoms with van der Waals surface area (Å²) in [6, 6.07) is 0. The first kappa shape index (κ1) is 15.6. The fraction of sp³-hybridized carbons (Fsp3) is 0.900. The third kappa shape index (κ3) is 7.00. The smallest absolute Gasteiger partial charge is 0.393 e. The van der Waals surface area contributed by atoms with Gasteiger partial charge in [0.2, 0.25) is 0 Å². The van der Waals surface area contributed by atoms with E-state index in [4.69, 9.17) is 10.5 Å². The van der Waals surface area contributed by atoms with Crippen molar-refractivity contribution >= 4 is 17.2 Å². The van der Waals surface area contributed by atoms with Crippen molar-refractivity contribution in [2.75, 3.05) is 13.2 Å². The number of halogens is 3. The Morgan fingerprint density at radius 2 is 1.81 bits per heavy atom. The maximum Gasteiger partial charge on any atom is 0.400 e. The van der Waals surface area contributed by atoms with E-state index in [0.717, 1.165) is 0 Å². The molecular weight excluding hydrogens is 239 g/mol. The van der Waals surface area contributed by atoms with Crippen LogP contribution in [0.1, 0.15) is 27.2 Å². The van der Waals surface area contributed by atoms with E-state index in [9.17, 15) is 13.2 Å². The second-order valence-corrected chi connectivity index (χ2v) is 5.35. The van der Waals surface area contributed by atoms with E-state index in [0.29, 0.717) is 6.42 Å². The molecule has 2 nitrogen and oxygen atoms in total. The molecule has 0 bridgehead atoms. The Morgan fingerprint density at radius 1 is 1.31 bits per heavy atom. The molecule has 0 saturated carbocycles. The van der Waals surface area contributed by atoms with Gasteiger partial charge in [0, 0.05) is 6.61 Å². The molecular formula is C10H18F3NOS. The lowest BCUT2D eigenvalue weighted by molar-refractivity contribution is -0.167. The monoisotopic (exact) mass is 257 g/mol. The summed E-state index contributed by atoms with van der Waals surface area (Å²) in [5.41, 5.74) is 5.06. The highest BCUT2D eigenvalue weighted by atomic mass is 32.1. The standard InChI is InChI=1S/C10H18F3NOS/c1-9(2,3)4-5-15-6-7(8(14)16)10(11,12)13/h7H,4-6H2,1-3H3,(H2,14,16). The molecule has 0 aliphatic rings. The summed E-state index contributed by atoms with van der Waals surface area (Å²) in [6.45, 7) is 5.76. The van der Waals surface area contributed by atoms with Gasteiger partial charge in [-0.15, -0.1) is 0 Å². The number of rotatable bonds is 5. The Hall–Kier alpha value is -0.360. The van der Waals surface area contributed by atoms with Gasteiger partial charge in [-0.2, -0.15) is 13.2 Å². The van der Waals surface area contributed by atoms with E-state index >= 15 is 0 Å². The van der Waals surface area contributed by atoms with Crippen LogP contribution in [-0.4, -0.2) is 24.4 Å². The molecule has 0 fully saturated rings. The van der Waals surface area contributed by atoms with Crippen LogP contribution in [0.2, 0.25) is 0 Å². The lowest BCUT2D eigenvalue weighted by atomic mass is 9.93. The molecule has 6 heteroatoms. The average Bonchev–Trinajstić information content (AvgIpc) is 1.97. The second-order valence-electron chi connectivity index (χ2n) is 4.88. The molecule has 0 heterocycles. The molecule has 0 spiro atoms. The van der Waals surface area contributed by atoms with Crippen LogP contribution in [-0.2, 0) is 4.74 Å².